The fraction of sp³-hybridized carbons (Fsp3) is 0. The molecule has 9 aromatic carbocycles. The van der Waals surface area contributed by atoms with Crippen LogP contribution in [0.3, 0.4) is 0 Å². The second-order valence-electron chi connectivity index (χ2n) is 13.2. The average molecular weight is 649 g/mol. The molecule has 0 N–H and O–H groups in total. The highest BCUT2D eigenvalue weighted by molar-refractivity contribution is 6.22. The molecule has 0 aliphatic heterocycles. The lowest BCUT2D eigenvalue weighted by Gasteiger charge is -2.19. The maximum atomic E-state index is 5.25. The van der Waals surface area contributed by atoms with E-state index < -0.39 is 0 Å². The Hall–Kier alpha value is -6.77. The summed E-state index contributed by atoms with van der Waals surface area (Å²) in [5.41, 5.74) is 11.5. The molecule has 0 spiro atoms. The van der Waals surface area contributed by atoms with Gasteiger partial charge in [-0.2, -0.15) is 0 Å². The van der Waals surface area contributed by atoms with Gasteiger partial charge in [-0.25, -0.2) is 4.98 Å². The van der Waals surface area contributed by atoms with Crippen molar-refractivity contribution in [3.05, 3.63) is 194 Å². The van der Waals surface area contributed by atoms with Crippen molar-refractivity contribution in [2.75, 3.05) is 0 Å². The molecule has 1 heterocycles. The van der Waals surface area contributed by atoms with Gasteiger partial charge >= 0.3 is 0 Å². The number of imidazole rings is 1. The zero-order valence-electron chi connectivity index (χ0n) is 27.9. The van der Waals surface area contributed by atoms with Gasteiger partial charge in [-0.15, -0.1) is 0 Å². The first-order valence-electron chi connectivity index (χ1n) is 17.5. The Balaban J connectivity index is 1.28. The van der Waals surface area contributed by atoms with Crippen LogP contribution in [0.4, 0.5) is 0 Å². The van der Waals surface area contributed by atoms with Gasteiger partial charge < -0.3 is 0 Å². The number of hydrogen-bond donors (Lipinski definition) is 0. The van der Waals surface area contributed by atoms with Gasteiger partial charge in [0.05, 0.1) is 11.0 Å². The van der Waals surface area contributed by atoms with Crippen LogP contribution in [-0.2, 0) is 0 Å². The van der Waals surface area contributed by atoms with E-state index in [2.05, 4.69) is 199 Å². The van der Waals surface area contributed by atoms with E-state index in [9.17, 15) is 0 Å². The van der Waals surface area contributed by atoms with Gasteiger partial charge in [0.2, 0.25) is 0 Å². The SMILES string of the molecule is c1ccc(-c2ccc(-c3c4ccccc4c(-c4ccc5ccccc5c4)c4cc(-c5nc6ccccc6n5-c5ccccc5)ccc34)cc2)cc1. The van der Waals surface area contributed by atoms with Crippen LogP contribution >= 0.6 is 0 Å². The summed E-state index contributed by atoms with van der Waals surface area (Å²) in [7, 11) is 0. The third kappa shape index (κ3) is 4.92. The van der Waals surface area contributed by atoms with Crippen molar-refractivity contribution in [3.8, 4) is 50.5 Å². The molecule has 0 unspecified atom stereocenters. The largest absolute Gasteiger partial charge is 0.292 e. The van der Waals surface area contributed by atoms with Gasteiger partial charge in [-0.1, -0.05) is 158 Å². The quantitative estimate of drug-likeness (QED) is 0.170. The number of rotatable bonds is 5. The minimum atomic E-state index is 0.927. The monoisotopic (exact) mass is 648 g/mol. The van der Waals surface area contributed by atoms with Crippen molar-refractivity contribution in [2.24, 2.45) is 0 Å². The van der Waals surface area contributed by atoms with Crippen molar-refractivity contribution in [3.63, 3.8) is 0 Å². The Morgan fingerprint density at radius 2 is 0.882 bits per heavy atom. The zero-order chi connectivity index (χ0) is 33.7. The number of nitrogens with zero attached hydrogens (tertiary/aromatic N) is 2. The van der Waals surface area contributed by atoms with Gasteiger partial charge in [0.1, 0.15) is 5.82 Å². The molecule has 0 bridgehead atoms. The predicted octanol–water partition coefficient (Wildman–Crippen LogP) is 13.2. The highest BCUT2D eigenvalue weighted by Gasteiger charge is 2.20. The van der Waals surface area contributed by atoms with E-state index in [0.29, 0.717) is 0 Å². The summed E-state index contributed by atoms with van der Waals surface area (Å²) in [4.78, 5) is 5.25. The first-order chi connectivity index (χ1) is 25.3. The van der Waals surface area contributed by atoms with Gasteiger partial charge in [-0.3, -0.25) is 4.57 Å². The summed E-state index contributed by atoms with van der Waals surface area (Å²) in [6.45, 7) is 0. The van der Waals surface area contributed by atoms with E-state index in [0.717, 1.165) is 28.1 Å². The third-order valence-corrected chi connectivity index (χ3v) is 10.2. The van der Waals surface area contributed by atoms with Gasteiger partial charge in [0.25, 0.3) is 0 Å². The van der Waals surface area contributed by atoms with Crippen LogP contribution in [0, 0.1) is 0 Å². The summed E-state index contributed by atoms with van der Waals surface area (Å²) in [6, 6.07) is 70.0. The van der Waals surface area contributed by atoms with Crippen LogP contribution in [0.2, 0.25) is 0 Å². The molecule has 0 aliphatic carbocycles. The first-order valence-corrected chi connectivity index (χ1v) is 17.5. The summed E-state index contributed by atoms with van der Waals surface area (Å²) < 4.78 is 2.29. The smallest absolute Gasteiger partial charge is 0.145 e. The molecule has 0 amide bonds. The lowest BCUT2D eigenvalue weighted by molar-refractivity contribution is 1.10. The minimum absolute atomic E-state index is 0.927. The second kappa shape index (κ2) is 12.0. The van der Waals surface area contributed by atoms with E-state index in [1.807, 2.05) is 0 Å². The number of para-hydroxylation sites is 3. The van der Waals surface area contributed by atoms with Crippen molar-refractivity contribution >= 4 is 43.4 Å². The average Bonchev–Trinajstić information content (AvgIpc) is 3.60. The third-order valence-electron chi connectivity index (χ3n) is 10.2. The molecule has 0 fully saturated rings. The van der Waals surface area contributed by atoms with Gasteiger partial charge in [0.15, 0.2) is 0 Å². The van der Waals surface area contributed by atoms with Crippen LogP contribution in [0.5, 0.6) is 0 Å². The summed E-state index contributed by atoms with van der Waals surface area (Å²) in [5.74, 6) is 0.927. The lowest BCUT2D eigenvalue weighted by atomic mass is 9.84. The normalized spacial score (nSPS) is 11.5. The highest BCUT2D eigenvalue weighted by atomic mass is 15.1. The molecule has 238 valence electrons. The van der Waals surface area contributed by atoms with Crippen LogP contribution in [0.1, 0.15) is 0 Å². The van der Waals surface area contributed by atoms with Crippen molar-refractivity contribution < 1.29 is 0 Å². The standard InChI is InChI=1S/C49H32N2/c1-3-13-33(14-4-1)35-23-26-36(27-24-35)47-41-19-9-10-20-42(41)48(38-28-25-34-15-7-8-16-37(34)31-38)44-32-39(29-30-43(44)47)49-50-45-21-11-12-22-46(45)51(49)40-17-5-2-6-18-40/h1-32H. The maximum absolute atomic E-state index is 5.25. The molecule has 2 nitrogen and oxygen atoms in total. The number of fused-ring (bicyclic) bond motifs is 4. The number of aromatic nitrogens is 2. The van der Waals surface area contributed by atoms with Crippen LogP contribution < -0.4 is 0 Å². The predicted molar refractivity (Wildman–Crippen MR) is 215 cm³/mol. The molecular weight excluding hydrogens is 617 g/mol. The zero-order valence-corrected chi connectivity index (χ0v) is 27.9. The van der Waals surface area contributed by atoms with E-state index in [4.69, 9.17) is 4.98 Å². The number of benzene rings is 9. The molecule has 0 saturated carbocycles. The molecule has 0 saturated heterocycles. The molecular formula is C49H32N2. The molecule has 1 aromatic heterocycles. The molecule has 10 rings (SSSR count). The van der Waals surface area contributed by atoms with Gasteiger partial charge in [-0.05, 0) is 102 Å². The molecule has 51 heavy (non-hydrogen) atoms. The van der Waals surface area contributed by atoms with Crippen molar-refractivity contribution in [2.45, 2.75) is 0 Å². The van der Waals surface area contributed by atoms with E-state index in [1.54, 1.807) is 0 Å². The Morgan fingerprint density at radius 3 is 1.67 bits per heavy atom. The van der Waals surface area contributed by atoms with Crippen LogP contribution in [0.15, 0.2) is 194 Å². The number of hydrogen-bond acceptors (Lipinski definition) is 1. The summed E-state index contributed by atoms with van der Waals surface area (Å²) in [5, 5.41) is 7.36. The van der Waals surface area contributed by atoms with Crippen LogP contribution in [0.25, 0.3) is 93.8 Å². The molecule has 0 radical (unpaired) electrons. The van der Waals surface area contributed by atoms with Gasteiger partial charge in [0, 0.05) is 11.3 Å². The van der Waals surface area contributed by atoms with E-state index in [1.165, 1.54) is 65.7 Å². The fourth-order valence-corrected chi connectivity index (χ4v) is 7.80. The lowest BCUT2D eigenvalue weighted by Crippen LogP contribution is -1.98. The van der Waals surface area contributed by atoms with Crippen molar-refractivity contribution in [1.82, 2.24) is 9.55 Å². The summed E-state index contributed by atoms with van der Waals surface area (Å²) in [6.07, 6.45) is 0. The minimum Gasteiger partial charge on any atom is -0.292 e. The van der Waals surface area contributed by atoms with E-state index in [-0.39, 0.29) is 0 Å². The fourth-order valence-electron chi connectivity index (χ4n) is 7.80. The Labute approximate surface area is 296 Å². The second-order valence-corrected chi connectivity index (χ2v) is 13.2. The Kier molecular flexibility index (Phi) is 6.85. The first kappa shape index (κ1) is 29.2. The molecule has 10 aromatic rings. The molecule has 0 aliphatic rings. The topological polar surface area (TPSA) is 17.8 Å². The Bertz CT molecular complexity index is 2880. The van der Waals surface area contributed by atoms with E-state index >= 15 is 0 Å². The highest BCUT2D eigenvalue weighted by Crippen LogP contribution is 2.46. The van der Waals surface area contributed by atoms with Crippen molar-refractivity contribution in [1.29, 1.82) is 0 Å². The van der Waals surface area contributed by atoms with Crippen LogP contribution in [-0.4, -0.2) is 9.55 Å². The molecule has 0 atom stereocenters. The maximum Gasteiger partial charge on any atom is 0.145 e. The molecule has 2 heteroatoms. The Morgan fingerprint density at radius 1 is 0.333 bits per heavy atom. The summed E-state index contributed by atoms with van der Waals surface area (Å²) >= 11 is 0.